The Morgan fingerprint density at radius 3 is 2.33 bits per heavy atom. The Balaban J connectivity index is 0.000000254. The second kappa shape index (κ2) is 11.3. The van der Waals surface area contributed by atoms with Crippen molar-refractivity contribution in [3.05, 3.63) is 11.6 Å². The van der Waals surface area contributed by atoms with E-state index in [0.29, 0.717) is 18.8 Å². The van der Waals surface area contributed by atoms with Gasteiger partial charge in [0.15, 0.2) is 0 Å². The van der Waals surface area contributed by atoms with E-state index in [0.717, 1.165) is 32.1 Å². The normalized spacial score (nSPS) is 23.8. The largest absolute Gasteiger partial charge is 0.462 e. The van der Waals surface area contributed by atoms with Crippen LogP contribution in [0.15, 0.2) is 11.6 Å². The number of carbonyl (C=O) groups is 2. The van der Waals surface area contributed by atoms with Crippen molar-refractivity contribution in [3.63, 3.8) is 0 Å². The van der Waals surface area contributed by atoms with E-state index in [-0.39, 0.29) is 24.1 Å². The highest BCUT2D eigenvalue weighted by molar-refractivity contribution is 5.71. The van der Waals surface area contributed by atoms with Crippen molar-refractivity contribution in [2.75, 3.05) is 0 Å². The summed E-state index contributed by atoms with van der Waals surface area (Å²) in [5, 5.41) is 0. The molecular weight excluding hydrogens is 304 g/mol. The fraction of sp³-hybridized carbons (Fsp3) is 0.800. The van der Waals surface area contributed by atoms with Gasteiger partial charge in [0.25, 0.3) is 0 Å². The average Bonchev–Trinajstić information content (AvgIpc) is 3.14. The zero-order valence-electron chi connectivity index (χ0n) is 15.8. The number of rotatable bonds is 7. The number of carbonyl (C=O) groups excluding carboxylic acids is 2. The van der Waals surface area contributed by atoms with E-state index in [1.807, 2.05) is 0 Å². The molecule has 4 heteroatoms. The molecule has 0 aliphatic carbocycles. The van der Waals surface area contributed by atoms with Gasteiger partial charge in [-0.1, -0.05) is 38.3 Å². The second-order valence-corrected chi connectivity index (χ2v) is 7.20. The molecule has 2 fully saturated rings. The van der Waals surface area contributed by atoms with E-state index in [4.69, 9.17) is 9.47 Å². The predicted octanol–water partition coefficient (Wildman–Crippen LogP) is 4.96. The molecule has 0 aromatic rings. The summed E-state index contributed by atoms with van der Waals surface area (Å²) in [5.41, 5.74) is 1.36. The lowest BCUT2D eigenvalue weighted by molar-refractivity contribution is -0.143. The number of unbranched alkanes of at least 4 members (excludes halogenated alkanes) is 1. The Morgan fingerprint density at radius 1 is 1.17 bits per heavy atom. The van der Waals surface area contributed by atoms with Gasteiger partial charge in [0.2, 0.25) is 0 Å². The van der Waals surface area contributed by atoms with Crippen LogP contribution >= 0.6 is 0 Å². The molecule has 2 rings (SSSR count). The molecule has 0 aromatic heterocycles. The molecule has 2 saturated heterocycles. The molecular formula is C20H34O4. The summed E-state index contributed by atoms with van der Waals surface area (Å²) < 4.78 is 10.2. The maximum atomic E-state index is 10.9. The summed E-state index contributed by atoms with van der Waals surface area (Å²) in [4.78, 5) is 21.5. The third-order valence-electron chi connectivity index (χ3n) is 4.57. The number of hydrogen-bond acceptors (Lipinski definition) is 4. The molecule has 2 heterocycles. The summed E-state index contributed by atoms with van der Waals surface area (Å²) in [6.45, 7) is 8.54. The fourth-order valence-electron chi connectivity index (χ4n) is 2.99. The van der Waals surface area contributed by atoms with Gasteiger partial charge in [-0.2, -0.15) is 0 Å². The van der Waals surface area contributed by atoms with E-state index in [2.05, 4.69) is 33.8 Å². The van der Waals surface area contributed by atoms with Crippen LogP contribution in [0.5, 0.6) is 0 Å². The maximum absolute atomic E-state index is 10.9. The summed E-state index contributed by atoms with van der Waals surface area (Å²) in [5.74, 6) is 0.460. The van der Waals surface area contributed by atoms with E-state index in [1.165, 1.54) is 18.4 Å². The van der Waals surface area contributed by atoms with Gasteiger partial charge in [0.05, 0.1) is 0 Å². The Hall–Kier alpha value is -1.32. The van der Waals surface area contributed by atoms with Gasteiger partial charge in [-0.25, -0.2) is 0 Å². The standard InChI is InChI=1S/C12H20O2.C8H14O2/c1-9(2)5-4-6-10(3)11-7-8-12(13)14-11;1-2-3-4-7-5-6-8(9)10-7/h5,10-11H,4,6-8H2,1-3H3;7H,2-6H2,1H3. The first-order valence-corrected chi connectivity index (χ1v) is 9.44. The molecule has 0 amide bonds. The SMILES string of the molecule is CC(C)=CCCC(C)C1CCC(=O)O1.CCCCC1CCC(=O)O1. The van der Waals surface area contributed by atoms with Gasteiger partial charge in [-0.3, -0.25) is 9.59 Å². The number of esters is 2. The quantitative estimate of drug-likeness (QED) is 0.486. The van der Waals surface area contributed by atoms with E-state index >= 15 is 0 Å². The molecule has 138 valence electrons. The third kappa shape index (κ3) is 8.51. The van der Waals surface area contributed by atoms with Gasteiger partial charge in [-0.05, 0) is 51.9 Å². The third-order valence-corrected chi connectivity index (χ3v) is 4.57. The minimum Gasteiger partial charge on any atom is -0.462 e. The number of cyclic esters (lactones) is 2. The lowest BCUT2D eigenvalue weighted by Gasteiger charge is -2.16. The van der Waals surface area contributed by atoms with Gasteiger partial charge < -0.3 is 9.47 Å². The Kier molecular flexibility index (Phi) is 9.73. The zero-order chi connectivity index (χ0) is 17.9. The summed E-state index contributed by atoms with van der Waals surface area (Å²) in [7, 11) is 0. The van der Waals surface area contributed by atoms with Crippen LogP contribution in [0.4, 0.5) is 0 Å². The first-order valence-electron chi connectivity index (χ1n) is 9.44. The molecule has 0 radical (unpaired) electrons. The molecule has 0 aromatic carbocycles. The van der Waals surface area contributed by atoms with Crippen LogP contribution in [0.2, 0.25) is 0 Å². The number of allylic oxidation sites excluding steroid dienone is 2. The maximum Gasteiger partial charge on any atom is 0.306 e. The predicted molar refractivity (Wildman–Crippen MR) is 95.6 cm³/mol. The summed E-state index contributed by atoms with van der Waals surface area (Å²) >= 11 is 0. The molecule has 0 saturated carbocycles. The number of ether oxygens (including phenoxy) is 2. The molecule has 4 nitrogen and oxygen atoms in total. The van der Waals surface area contributed by atoms with Crippen LogP contribution in [-0.4, -0.2) is 24.1 Å². The Labute approximate surface area is 147 Å². The zero-order valence-corrected chi connectivity index (χ0v) is 15.8. The Morgan fingerprint density at radius 2 is 1.83 bits per heavy atom. The van der Waals surface area contributed by atoms with Crippen molar-refractivity contribution in [2.45, 2.75) is 97.7 Å². The van der Waals surface area contributed by atoms with Crippen molar-refractivity contribution < 1.29 is 19.1 Å². The molecule has 3 unspecified atom stereocenters. The van der Waals surface area contributed by atoms with Crippen LogP contribution in [-0.2, 0) is 19.1 Å². The van der Waals surface area contributed by atoms with E-state index in [9.17, 15) is 9.59 Å². The van der Waals surface area contributed by atoms with E-state index < -0.39 is 0 Å². The smallest absolute Gasteiger partial charge is 0.306 e. The lowest BCUT2D eigenvalue weighted by atomic mass is 9.96. The van der Waals surface area contributed by atoms with E-state index in [1.54, 1.807) is 0 Å². The molecule has 0 bridgehead atoms. The van der Waals surface area contributed by atoms with Crippen molar-refractivity contribution in [2.24, 2.45) is 5.92 Å². The fourth-order valence-corrected chi connectivity index (χ4v) is 2.99. The first-order chi connectivity index (χ1) is 11.4. The van der Waals surface area contributed by atoms with Gasteiger partial charge in [0.1, 0.15) is 12.2 Å². The monoisotopic (exact) mass is 338 g/mol. The average molecular weight is 338 g/mol. The van der Waals surface area contributed by atoms with Crippen molar-refractivity contribution in [1.29, 1.82) is 0 Å². The van der Waals surface area contributed by atoms with Crippen molar-refractivity contribution in [1.82, 2.24) is 0 Å². The number of hydrogen-bond donors (Lipinski definition) is 0. The highest BCUT2D eigenvalue weighted by Gasteiger charge is 2.27. The molecule has 24 heavy (non-hydrogen) atoms. The van der Waals surface area contributed by atoms with Crippen molar-refractivity contribution >= 4 is 11.9 Å². The highest BCUT2D eigenvalue weighted by Crippen LogP contribution is 2.24. The van der Waals surface area contributed by atoms with Crippen LogP contribution in [0.3, 0.4) is 0 Å². The van der Waals surface area contributed by atoms with Gasteiger partial charge in [-0.15, -0.1) is 0 Å². The highest BCUT2D eigenvalue weighted by atomic mass is 16.6. The molecule has 3 atom stereocenters. The lowest BCUT2D eigenvalue weighted by Crippen LogP contribution is -2.17. The summed E-state index contributed by atoms with van der Waals surface area (Å²) in [6.07, 6.45) is 11.4. The first kappa shape index (κ1) is 20.7. The topological polar surface area (TPSA) is 52.6 Å². The Bertz CT molecular complexity index is 423. The molecule has 0 spiro atoms. The minimum atomic E-state index is -0.0240. The molecule has 2 aliphatic heterocycles. The van der Waals surface area contributed by atoms with Crippen LogP contribution in [0.1, 0.15) is 85.5 Å². The van der Waals surface area contributed by atoms with Gasteiger partial charge in [0, 0.05) is 12.8 Å². The summed E-state index contributed by atoms with van der Waals surface area (Å²) in [6, 6.07) is 0. The molecule has 2 aliphatic rings. The molecule has 0 N–H and O–H groups in total. The minimum absolute atomic E-state index is 0.0129. The van der Waals surface area contributed by atoms with Crippen LogP contribution in [0, 0.1) is 5.92 Å². The van der Waals surface area contributed by atoms with Gasteiger partial charge >= 0.3 is 11.9 Å². The second-order valence-electron chi connectivity index (χ2n) is 7.20. The van der Waals surface area contributed by atoms with Crippen LogP contribution < -0.4 is 0 Å². The van der Waals surface area contributed by atoms with Crippen molar-refractivity contribution in [3.8, 4) is 0 Å². The van der Waals surface area contributed by atoms with Crippen LogP contribution in [0.25, 0.3) is 0 Å².